The zero-order chi connectivity index (χ0) is 19.5. The van der Waals surface area contributed by atoms with Crippen LogP contribution in [-0.4, -0.2) is 28.9 Å². The van der Waals surface area contributed by atoms with Crippen molar-refractivity contribution in [3.63, 3.8) is 0 Å². The molecule has 1 aromatic heterocycles. The van der Waals surface area contributed by atoms with E-state index in [0.29, 0.717) is 35.3 Å². The van der Waals surface area contributed by atoms with Gasteiger partial charge in [0.25, 0.3) is 0 Å². The second kappa shape index (κ2) is 8.21. The van der Waals surface area contributed by atoms with Crippen molar-refractivity contribution in [2.75, 3.05) is 13.2 Å². The first-order chi connectivity index (χ1) is 13.6. The predicted octanol–water partition coefficient (Wildman–Crippen LogP) is 5.02. The standard InChI is InChI=1S/C22H18Cl2N2O2/c23-19-2-1-3-20(24)18(19)13-22(27)26-10-11-28-21-5-4-16(12-17(21)14-26)15-6-8-25-9-7-15/h1-9,12H,10-11,13-14H2. The van der Waals surface area contributed by atoms with E-state index < -0.39 is 0 Å². The summed E-state index contributed by atoms with van der Waals surface area (Å²) in [4.78, 5) is 18.8. The number of hydrogen-bond acceptors (Lipinski definition) is 3. The Labute approximate surface area is 173 Å². The van der Waals surface area contributed by atoms with E-state index >= 15 is 0 Å². The molecule has 28 heavy (non-hydrogen) atoms. The van der Waals surface area contributed by atoms with Crippen LogP contribution in [-0.2, 0) is 17.8 Å². The van der Waals surface area contributed by atoms with E-state index in [-0.39, 0.29) is 12.3 Å². The van der Waals surface area contributed by atoms with Gasteiger partial charge in [0.15, 0.2) is 0 Å². The smallest absolute Gasteiger partial charge is 0.227 e. The van der Waals surface area contributed by atoms with Crippen LogP contribution in [0.5, 0.6) is 5.75 Å². The van der Waals surface area contributed by atoms with Crippen LogP contribution in [0.25, 0.3) is 11.1 Å². The van der Waals surface area contributed by atoms with E-state index in [1.807, 2.05) is 24.3 Å². The minimum Gasteiger partial charge on any atom is -0.491 e. The number of ether oxygens (including phenoxy) is 1. The van der Waals surface area contributed by atoms with Gasteiger partial charge in [0.05, 0.1) is 13.0 Å². The zero-order valence-corrected chi connectivity index (χ0v) is 16.6. The molecule has 3 aromatic rings. The van der Waals surface area contributed by atoms with Crippen LogP contribution in [0.15, 0.2) is 60.9 Å². The topological polar surface area (TPSA) is 42.4 Å². The van der Waals surface area contributed by atoms with E-state index in [1.54, 1.807) is 35.5 Å². The molecule has 0 saturated heterocycles. The quantitative estimate of drug-likeness (QED) is 0.606. The van der Waals surface area contributed by atoms with E-state index in [0.717, 1.165) is 22.4 Å². The highest BCUT2D eigenvalue weighted by Gasteiger charge is 2.22. The maximum absolute atomic E-state index is 12.9. The third kappa shape index (κ3) is 3.98. The predicted molar refractivity (Wildman–Crippen MR) is 111 cm³/mol. The molecule has 1 aliphatic heterocycles. The number of nitrogens with zero attached hydrogens (tertiary/aromatic N) is 2. The molecule has 2 aromatic carbocycles. The third-order valence-electron chi connectivity index (χ3n) is 4.80. The van der Waals surface area contributed by atoms with Crippen molar-refractivity contribution in [3.05, 3.63) is 82.1 Å². The van der Waals surface area contributed by atoms with Crippen molar-refractivity contribution in [2.45, 2.75) is 13.0 Å². The number of halogens is 2. The van der Waals surface area contributed by atoms with Gasteiger partial charge < -0.3 is 9.64 Å². The van der Waals surface area contributed by atoms with Gasteiger partial charge >= 0.3 is 0 Å². The van der Waals surface area contributed by atoms with Crippen molar-refractivity contribution >= 4 is 29.1 Å². The highest BCUT2D eigenvalue weighted by Crippen LogP contribution is 2.30. The van der Waals surface area contributed by atoms with E-state index in [2.05, 4.69) is 11.1 Å². The Balaban J connectivity index is 1.58. The fourth-order valence-corrected chi connectivity index (χ4v) is 3.83. The van der Waals surface area contributed by atoms with Gasteiger partial charge in [0.2, 0.25) is 5.91 Å². The van der Waals surface area contributed by atoms with Crippen LogP contribution in [0.4, 0.5) is 0 Å². The van der Waals surface area contributed by atoms with E-state index in [1.165, 1.54) is 0 Å². The largest absolute Gasteiger partial charge is 0.491 e. The summed E-state index contributed by atoms with van der Waals surface area (Å²) in [5, 5.41) is 1.01. The van der Waals surface area contributed by atoms with Crippen LogP contribution < -0.4 is 4.74 Å². The Kier molecular flexibility index (Phi) is 5.51. The molecule has 0 saturated carbocycles. The van der Waals surface area contributed by atoms with Gasteiger partial charge in [-0.1, -0.05) is 35.3 Å². The molecule has 142 valence electrons. The summed E-state index contributed by atoms with van der Waals surface area (Å²) in [6.07, 6.45) is 3.69. The molecule has 6 heteroatoms. The molecule has 0 N–H and O–H groups in total. The molecule has 1 amide bonds. The van der Waals surface area contributed by atoms with Gasteiger partial charge in [-0.05, 0) is 53.1 Å². The van der Waals surface area contributed by atoms with Gasteiger partial charge in [-0.15, -0.1) is 0 Å². The molecule has 1 aliphatic rings. The number of hydrogen-bond donors (Lipinski definition) is 0. The first-order valence-electron chi connectivity index (χ1n) is 8.98. The number of fused-ring (bicyclic) bond motifs is 1. The molecule has 2 heterocycles. The highest BCUT2D eigenvalue weighted by molar-refractivity contribution is 6.36. The number of rotatable bonds is 3. The minimum absolute atomic E-state index is 0.0271. The Morgan fingerprint density at radius 1 is 1.04 bits per heavy atom. The molecule has 0 spiro atoms. The highest BCUT2D eigenvalue weighted by atomic mass is 35.5. The monoisotopic (exact) mass is 412 g/mol. The zero-order valence-electron chi connectivity index (χ0n) is 15.1. The fraction of sp³-hybridized carbons (Fsp3) is 0.182. The molecule has 0 unspecified atom stereocenters. The van der Waals surface area contributed by atoms with E-state index in [9.17, 15) is 4.79 Å². The van der Waals surface area contributed by atoms with Crippen molar-refractivity contribution < 1.29 is 9.53 Å². The minimum atomic E-state index is -0.0271. The SMILES string of the molecule is O=C(Cc1c(Cl)cccc1Cl)N1CCOc2ccc(-c3ccncc3)cc2C1. The molecule has 0 fully saturated rings. The molecule has 0 bridgehead atoms. The number of pyridine rings is 1. The van der Waals surface area contributed by atoms with Crippen LogP contribution >= 0.6 is 23.2 Å². The first kappa shape index (κ1) is 18.8. The van der Waals surface area contributed by atoms with Gasteiger partial charge in [-0.25, -0.2) is 0 Å². The van der Waals surface area contributed by atoms with Gasteiger partial charge in [0, 0.05) is 34.5 Å². The summed E-state index contributed by atoms with van der Waals surface area (Å²) in [7, 11) is 0. The van der Waals surface area contributed by atoms with Crippen molar-refractivity contribution in [1.29, 1.82) is 0 Å². The number of benzene rings is 2. The van der Waals surface area contributed by atoms with Crippen LogP contribution in [0.1, 0.15) is 11.1 Å². The maximum Gasteiger partial charge on any atom is 0.227 e. The van der Waals surface area contributed by atoms with Gasteiger partial charge in [-0.2, -0.15) is 0 Å². The Bertz CT molecular complexity index is 988. The second-order valence-corrected chi connectivity index (χ2v) is 7.41. The first-order valence-corrected chi connectivity index (χ1v) is 9.74. The molecule has 0 atom stereocenters. The summed E-state index contributed by atoms with van der Waals surface area (Å²) in [6.45, 7) is 1.44. The average molecular weight is 413 g/mol. The Morgan fingerprint density at radius 2 is 1.79 bits per heavy atom. The van der Waals surface area contributed by atoms with Crippen molar-refractivity contribution in [1.82, 2.24) is 9.88 Å². The molecule has 0 aliphatic carbocycles. The Morgan fingerprint density at radius 3 is 2.54 bits per heavy atom. The maximum atomic E-state index is 12.9. The lowest BCUT2D eigenvalue weighted by molar-refractivity contribution is -0.131. The third-order valence-corrected chi connectivity index (χ3v) is 5.50. The number of carbonyl (C=O) groups excluding carboxylic acids is 1. The number of amides is 1. The van der Waals surface area contributed by atoms with Gasteiger partial charge in [-0.3, -0.25) is 9.78 Å². The summed E-state index contributed by atoms with van der Waals surface area (Å²) < 4.78 is 5.86. The summed E-state index contributed by atoms with van der Waals surface area (Å²) in [5.41, 5.74) is 3.77. The number of carbonyl (C=O) groups is 1. The Hall–Kier alpha value is -2.56. The van der Waals surface area contributed by atoms with Crippen molar-refractivity contribution in [3.8, 4) is 16.9 Å². The summed E-state index contributed by atoms with van der Waals surface area (Å²) in [6, 6.07) is 15.2. The lowest BCUT2D eigenvalue weighted by Gasteiger charge is -2.20. The fourth-order valence-electron chi connectivity index (χ4n) is 3.30. The lowest BCUT2D eigenvalue weighted by Crippen LogP contribution is -2.33. The number of aromatic nitrogens is 1. The lowest BCUT2D eigenvalue weighted by atomic mass is 10.0. The summed E-state index contributed by atoms with van der Waals surface area (Å²) in [5.74, 6) is 0.782. The van der Waals surface area contributed by atoms with Crippen LogP contribution in [0.2, 0.25) is 10.0 Å². The summed E-state index contributed by atoms with van der Waals surface area (Å²) >= 11 is 12.5. The molecule has 4 rings (SSSR count). The second-order valence-electron chi connectivity index (χ2n) is 6.60. The normalized spacial score (nSPS) is 13.4. The van der Waals surface area contributed by atoms with Crippen LogP contribution in [0, 0.1) is 0 Å². The molecule has 0 radical (unpaired) electrons. The molecular formula is C22H18Cl2N2O2. The average Bonchev–Trinajstić information content (AvgIpc) is 2.93. The van der Waals surface area contributed by atoms with Crippen molar-refractivity contribution in [2.24, 2.45) is 0 Å². The molecular weight excluding hydrogens is 395 g/mol. The van der Waals surface area contributed by atoms with Crippen LogP contribution in [0.3, 0.4) is 0 Å². The van der Waals surface area contributed by atoms with E-state index in [4.69, 9.17) is 27.9 Å². The molecule has 4 nitrogen and oxygen atoms in total. The van der Waals surface area contributed by atoms with Gasteiger partial charge in [0.1, 0.15) is 12.4 Å².